The van der Waals surface area contributed by atoms with Gasteiger partial charge in [-0.2, -0.15) is 0 Å². The van der Waals surface area contributed by atoms with Crippen molar-refractivity contribution in [2.24, 2.45) is 0 Å². The van der Waals surface area contributed by atoms with Crippen LogP contribution < -0.4 is 5.76 Å². The topological polar surface area (TPSA) is 58.9 Å². The van der Waals surface area contributed by atoms with Gasteiger partial charge in [0, 0.05) is 9.13 Å². The van der Waals surface area contributed by atoms with E-state index in [1.54, 1.807) is 0 Å². The van der Waals surface area contributed by atoms with Gasteiger partial charge in [0.15, 0.2) is 0 Å². The lowest BCUT2D eigenvalue weighted by molar-refractivity contribution is 0.527. The maximum Gasteiger partial charge on any atom is 0.434 e. The van der Waals surface area contributed by atoms with Crippen molar-refractivity contribution in [3.8, 4) is 11.5 Å². The van der Waals surface area contributed by atoms with Crippen molar-refractivity contribution >= 4 is 22.6 Å². The van der Waals surface area contributed by atoms with Crippen molar-refractivity contribution in [3.05, 3.63) is 38.4 Å². The number of hydrogen-bond acceptors (Lipinski definition) is 3. The van der Waals surface area contributed by atoms with Crippen LogP contribution in [0.1, 0.15) is 0 Å². The van der Waals surface area contributed by atoms with Crippen LogP contribution in [0, 0.1) is 3.57 Å². The second kappa shape index (κ2) is 3.33. The number of hydrogen-bond donors (Lipinski definition) is 1. The van der Waals surface area contributed by atoms with E-state index in [1.165, 1.54) is 0 Å². The Morgan fingerprint density at radius 3 is 2.54 bits per heavy atom. The van der Waals surface area contributed by atoms with Gasteiger partial charge in [-0.1, -0.05) is 0 Å². The zero-order valence-electron chi connectivity index (χ0n) is 6.45. The van der Waals surface area contributed by atoms with E-state index in [4.69, 9.17) is 4.42 Å². The quantitative estimate of drug-likeness (QED) is 0.811. The molecule has 1 heterocycles. The van der Waals surface area contributed by atoms with Crippen molar-refractivity contribution in [2.45, 2.75) is 0 Å². The molecule has 1 aromatic heterocycles. The number of benzene rings is 1. The van der Waals surface area contributed by atoms with Gasteiger partial charge in [-0.3, -0.25) is 0 Å². The van der Waals surface area contributed by atoms with Crippen molar-refractivity contribution in [2.75, 3.05) is 0 Å². The van der Waals surface area contributed by atoms with Crippen LogP contribution in [0.3, 0.4) is 0 Å². The number of aromatic amines is 1. The first-order valence-electron chi connectivity index (χ1n) is 3.57. The summed E-state index contributed by atoms with van der Waals surface area (Å²) >= 11 is 2.20. The van der Waals surface area contributed by atoms with Crippen molar-refractivity contribution in [1.82, 2.24) is 10.2 Å². The molecule has 5 heteroatoms. The van der Waals surface area contributed by atoms with Gasteiger partial charge in [-0.05, 0) is 46.9 Å². The van der Waals surface area contributed by atoms with Gasteiger partial charge < -0.3 is 4.42 Å². The minimum absolute atomic E-state index is 0.321. The largest absolute Gasteiger partial charge is 0.434 e. The third kappa shape index (κ3) is 1.80. The summed E-state index contributed by atoms with van der Waals surface area (Å²) in [6.07, 6.45) is 0. The molecule has 0 saturated carbocycles. The van der Waals surface area contributed by atoms with Crippen LogP contribution in [0.15, 0.2) is 33.5 Å². The normalized spacial score (nSPS) is 10.2. The predicted molar refractivity (Wildman–Crippen MR) is 55.3 cm³/mol. The number of rotatable bonds is 1. The van der Waals surface area contributed by atoms with Gasteiger partial charge in [0.25, 0.3) is 0 Å². The molecule has 2 rings (SSSR count). The second-order valence-corrected chi connectivity index (χ2v) is 3.67. The molecule has 0 aliphatic heterocycles. The zero-order chi connectivity index (χ0) is 9.26. The molecule has 0 bridgehead atoms. The highest BCUT2D eigenvalue weighted by molar-refractivity contribution is 14.1. The van der Waals surface area contributed by atoms with Gasteiger partial charge >= 0.3 is 5.76 Å². The second-order valence-electron chi connectivity index (χ2n) is 2.43. The highest BCUT2D eigenvalue weighted by Gasteiger charge is 2.03. The van der Waals surface area contributed by atoms with E-state index in [9.17, 15) is 4.79 Å². The third-order valence-electron chi connectivity index (χ3n) is 1.53. The Bertz CT molecular complexity index is 457. The lowest BCUT2D eigenvalue weighted by Gasteiger charge is -1.92. The molecule has 0 fully saturated rings. The van der Waals surface area contributed by atoms with Gasteiger partial charge in [0.2, 0.25) is 5.89 Å². The van der Waals surface area contributed by atoms with Crippen LogP contribution in [0.5, 0.6) is 0 Å². The monoisotopic (exact) mass is 288 g/mol. The summed E-state index contributed by atoms with van der Waals surface area (Å²) in [7, 11) is 0. The molecule has 4 nitrogen and oxygen atoms in total. The lowest BCUT2D eigenvalue weighted by Crippen LogP contribution is -1.93. The van der Waals surface area contributed by atoms with E-state index in [0.717, 1.165) is 9.13 Å². The summed E-state index contributed by atoms with van der Waals surface area (Å²) < 4.78 is 5.91. The predicted octanol–water partition coefficient (Wildman–Crippen LogP) is 1.63. The first-order chi connectivity index (χ1) is 6.25. The zero-order valence-corrected chi connectivity index (χ0v) is 8.61. The Morgan fingerprint density at radius 2 is 2.00 bits per heavy atom. The molecule has 0 amide bonds. The van der Waals surface area contributed by atoms with E-state index in [1.807, 2.05) is 24.3 Å². The van der Waals surface area contributed by atoms with E-state index >= 15 is 0 Å². The SMILES string of the molecule is O=c1[nH]nc(-c2ccc(I)cc2)o1. The molecular formula is C8H5IN2O2. The molecule has 0 saturated heterocycles. The molecule has 13 heavy (non-hydrogen) atoms. The minimum Gasteiger partial charge on any atom is -0.388 e. The third-order valence-corrected chi connectivity index (χ3v) is 2.25. The van der Waals surface area contributed by atoms with Crippen molar-refractivity contribution < 1.29 is 4.42 Å². The number of aromatic nitrogens is 2. The molecule has 2 aromatic rings. The van der Waals surface area contributed by atoms with E-state index in [-0.39, 0.29) is 0 Å². The Balaban J connectivity index is 2.47. The minimum atomic E-state index is -0.534. The average molecular weight is 288 g/mol. The molecule has 1 aromatic carbocycles. The number of nitrogens with zero attached hydrogens (tertiary/aromatic N) is 1. The Hall–Kier alpha value is -1.11. The maximum atomic E-state index is 10.6. The molecular weight excluding hydrogens is 283 g/mol. The summed E-state index contributed by atoms with van der Waals surface area (Å²) in [5, 5.41) is 5.92. The maximum absolute atomic E-state index is 10.6. The molecule has 0 aliphatic rings. The fraction of sp³-hybridized carbons (Fsp3) is 0. The smallest absolute Gasteiger partial charge is 0.388 e. The van der Waals surface area contributed by atoms with Gasteiger partial charge in [-0.25, -0.2) is 9.89 Å². The highest BCUT2D eigenvalue weighted by Crippen LogP contribution is 2.15. The Morgan fingerprint density at radius 1 is 1.31 bits per heavy atom. The fourth-order valence-electron chi connectivity index (χ4n) is 0.946. The van der Waals surface area contributed by atoms with Crippen LogP contribution >= 0.6 is 22.6 Å². The van der Waals surface area contributed by atoms with E-state index in [2.05, 4.69) is 32.8 Å². The summed E-state index contributed by atoms with van der Waals surface area (Å²) in [5.74, 6) is -0.213. The molecule has 0 unspecified atom stereocenters. The summed E-state index contributed by atoms with van der Waals surface area (Å²) in [5.41, 5.74) is 0.791. The number of halogens is 1. The molecule has 0 aliphatic carbocycles. The van der Waals surface area contributed by atoms with Crippen LogP contribution in [-0.2, 0) is 0 Å². The summed E-state index contributed by atoms with van der Waals surface area (Å²) in [6, 6.07) is 7.54. The molecule has 0 atom stereocenters. The standard InChI is InChI=1S/C8H5IN2O2/c9-6-3-1-5(2-4-6)7-10-11-8(12)13-7/h1-4H,(H,11,12). The Labute approximate surface area is 87.1 Å². The molecule has 66 valence electrons. The summed E-state index contributed by atoms with van der Waals surface area (Å²) in [6.45, 7) is 0. The number of nitrogens with one attached hydrogen (secondary N) is 1. The average Bonchev–Trinajstić information content (AvgIpc) is 2.53. The molecule has 0 spiro atoms. The van der Waals surface area contributed by atoms with Gasteiger partial charge in [0.1, 0.15) is 0 Å². The first-order valence-corrected chi connectivity index (χ1v) is 4.65. The van der Waals surface area contributed by atoms with Gasteiger partial charge in [-0.15, -0.1) is 5.10 Å². The molecule has 1 N–H and O–H groups in total. The van der Waals surface area contributed by atoms with Gasteiger partial charge in [0.05, 0.1) is 0 Å². The van der Waals surface area contributed by atoms with Crippen LogP contribution in [0.2, 0.25) is 0 Å². The number of H-pyrrole nitrogens is 1. The van der Waals surface area contributed by atoms with Crippen LogP contribution in [-0.4, -0.2) is 10.2 Å². The van der Waals surface area contributed by atoms with Crippen molar-refractivity contribution in [1.29, 1.82) is 0 Å². The van der Waals surface area contributed by atoms with Crippen LogP contribution in [0.25, 0.3) is 11.5 Å². The molecule has 0 radical (unpaired) electrons. The lowest BCUT2D eigenvalue weighted by atomic mass is 10.2. The fourth-order valence-corrected chi connectivity index (χ4v) is 1.31. The van der Waals surface area contributed by atoms with Crippen LogP contribution in [0.4, 0.5) is 0 Å². The first kappa shape index (κ1) is 8.49. The summed E-state index contributed by atoms with van der Waals surface area (Å²) in [4.78, 5) is 10.6. The van der Waals surface area contributed by atoms with E-state index in [0.29, 0.717) is 5.89 Å². The Kier molecular flexibility index (Phi) is 2.17. The van der Waals surface area contributed by atoms with E-state index < -0.39 is 5.76 Å². The van der Waals surface area contributed by atoms with Crippen molar-refractivity contribution in [3.63, 3.8) is 0 Å². The highest BCUT2D eigenvalue weighted by atomic mass is 127.